The Morgan fingerprint density at radius 3 is 2.26 bits per heavy atom. The number of alkyl carbamates (subject to hydrolysis) is 1. The molecular weight excluding hydrogens is 583 g/mol. The standard InChI is InChI=1S/C26H22ClIN2O5/c27-21-10-9-15(28)13-23(21)29-25(33)22(11-12-24(31)32)30-26(34)35-14-20-18-7-3-1-5-16(18)17-6-2-4-8-19(17)20/h1-10,13,20,22H,11-12,14H2,(H,29,33)(H,30,34)(H,31,32). The molecule has 7 nitrogen and oxygen atoms in total. The molecule has 0 saturated carbocycles. The maximum Gasteiger partial charge on any atom is 0.407 e. The van der Waals surface area contributed by atoms with Crippen molar-refractivity contribution in [1.82, 2.24) is 5.32 Å². The van der Waals surface area contributed by atoms with Crippen LogP contribution in [0.1, 0.15) is 29.9 Å². The number of hydrogen-bond acceptors (Lipinski definition) is 4. The van der Waals surface area contributed by atoms with Crippen molar-refractivity contribution in [2.24, 2.45) is 0 Å². The molecule has 1 aliphatic carbocycles. The molecule has 3 N–H and O–H groups in total. The second-order valence-electron chi connectivity index (χ2n) is 8.07. The van der Waals surface area contributed by atoms with E-state index in [0.717, 1.165) is 25.8 Å². The number of benzene rings is 3. The molecule has 1 atom stereocenters. The number of hydrogen-bond donors (Lipinski definition) is 3. The van der Waals surface area contributed by atoms with Gasteiger partial charge in [-0.2, -0.15) is 0 Å². The first kappa shape index (κ1) is 25.0. The Bertz CT molecular complexity index is 1240. The van der Waals surface area contributed by atoms with Crippen LogP contribution >= 0.6 is 34.2 Å². The minimum absolute atomic E-state index is 0.0792. The van der Waals surface area contributed by atoms with E-state index in [1.165, 1.54) is 0 Å². The predicted molar refractivity (Wildman–Crippen MR) is 142 cm³/mol. The third kappa shape index (κ3) is 5.94. The zero-order valence-corrected chi connectivity index (χ0v) is 21.4. The monoisotopic (exact) mass is 604 g/mol. The maximum atomic E-state index is 12.9. The summed E-state index contributed by atoms with van der Waals surface area (Å²) in [4.78, 5) is 36.7. The molecule has 3 aromatic rings. The second-order valence-corrected chi connectivity index (χ2v) is 9.72. The van der Waals surface area contributed by atoms with E-state index in [-0.39, 0.29) is 25.4 Å². The third-order valence-corrected chi connectivity index (χ3v) is 6.79. The Morgan fingerprint density at radius 2 is 1.63 bits per heavy atom. The van der Waals surface area contributed by atoms with Gasteiger partial charge in [0, 0.05) is 15.9 Å². The van der Waals surface area contributed by atoms with Gasteiger partial charge in [0.1, 0.15) is 12.6 Å². The Labute approximate surface area is 221 Å². The topological polar surface area (TPSA) is 105 Å². The van der Waals surface area contributed by atoms with E-state index in [1.807, 2.05) is 48.5 Å². The summed E-state index contributed by atoms with van der Waals surface area (Å²) in [5, 5.41) is 14.6. The molecule has 0 spiro atoms. The zero-order valence-electron chi connectivity index (χ0n) is 18.5. The Kier molecular flexibility index (Phi) is 7.92. The minimum atomic E-state index is -1.12. The van der Waals surface area contributed by atoms with Crippen LogP contribution in [0, 0.1) is 3.57 Å². The van der Waals surface area contributed by atoms with Crippen molar-refractivity contribution in [2.45, 2.75) is 24.8 Å². The lowest BCUT2D eigenvalue weighted by Crippen LogP contribution is -2.44. The van der Waals surface area contributed by atoms with Crippen LogP contribution < -0.4 is 10.6 Å². The number of anilines is 1. The van der Waals surface area contributed by atoms with Crippen LogP contribution in [0.25, 0.3) is 11.1 Å². The number of amides is 2. The molecule has 3 aromatic carbocycles. The number of carbonyl (C=O) groups is 3. The number of aliphatic carboxylic acids is 1. The minimum Gasteiger partial charge on any atom is -0.481 e. The molecule has 0 fully saturated rings. The molecule has 0 heterocycles. The van der Waals surface area contributed by atoms with Gasteiger partial charge in [-0.05, 0) is 69.5 Å². The van der Waals surface area contributed by atoms with Crippen molar-refractivity contribution in [2.75, 3.05) is 11.9 Å². The van der Waals surface area contributed by atoms with Crippen LogP contribution in [0.15, 0.2) is 66.7 Å². The van der Waals surface area contributed by atoms with Crippen LogP contribution in [-0.4, -0.2) is 35.7 Å². The Morgan fingerprint density at radius 1 is 1.00 bits per heavy atom. The van der Waals surface area contributed by atoms with E-state index in [0.29, 0.717) is 10.7 Å². The van der Waals surface area contributed by atoms with E-state index in [4.69, 9.17) is 21.4 Å². The van der Waals surface area contributed by atoms with Gasteiger partial charge in [0.2, 0.25) is 5.91 Å². The smallest absolute Gasteiger partial charge is 0.407 e. The van der Waals surface area contributed by atoms with Crippen LogP contribution in [0.2, 0.25) is 5.02 Å². The third-order valence-electron chi connectivity index (χ3n) is 5.79. The van der Waals surface area contributed by atoms with Crippen molar-refractivity contribution >= 4 is 57.8 Å². The average molecular weight is 605 g/mol. The molecule has 0 aliphatic heterocycles. The summed E-state index contributed by atoms with van der Waals surface area (Å²) in [5.74, 6) is -1.79. The summed E-state index contributed by atoms with van der Waals surface area (Å²) >= 11 is 8.24. The van der Waals surface area contributed by atoms with Crippen LogP contribution in [0.3, 0.4) is 0 Å². The first-order valence-corrected chi connectivity index (χ1v) is 12.4. The van der Waals surface area contributed by atoms with E-state index >= 15 is 0 Å². The number of nitrogens with one attached hydrogen (secondary N) is 2. The molecule has 1 aliphatic rings. The normalized spacial score (nSPS) is 12.9. The van der Waals surface area contributed by atoms with Crippen molar-refractivity contribution < 1.29 is 24.2 Å². The quantitative estimate of drug-likeness (QED) is 0.288. The molecule has 2 amide bonds. The van der Waals surface area contributed by atoms with Gasteiger partial charge in [0.15, 0.2) is 0 Å². The number of carbonyl (C=O) groups excluding carboxylic acids is 2. The molecule has 1 unspecified atom stereocenters. The average Bonchev–Trinajstić information content (AvgIpc) is 3.16. The van der Waals surface area contributed by atoms with Gasteiger partial charge >= 0.3 is 12.1 Å². The van der Waals surface area contributed by atoms with Crippen LogP contribution in [-0.2, 0) is 14.3 Å². The van der Waals surface area contributed by atoms with Crippen molar-refractivity contribution in [3.63, 3.8) is 0 Å². The highest BCUT2D eigenvalue weighted by atomic mass is 127. The molecule has 4 rings (SSSR count). The Hall–Kier alpha value is -3.11. The molecule has 0 bridgehead atoms. The van der Waals surface area contributed by atoms with Crippen molar-refractivity contribution in [3.05, 3.63) is 86.4 Å². The number of ether oxygens (including phenoxy) is 1. The Balaban J connectivity index is 1.44. The SMILES string of the molecule is O=C(O)CCC(NC(=O)OCC1c2ccccc2-c2ccccc21)C(=O)Nc1cc(I)ccc1Cl. The van der Waals surface area contributed by atoms with E-state index in [9.17, 15) is 14.4 Å². The fourth-order valence-corrected chi connectivity index (χ4v) is 4.79. The zero-order chi connectivity index (χ0) is 24.9. The van der Waals surface area contributed by atoms with E-state index in [2.05, 4.69) is 33.2 Å². The number of carboxylic acids is 1. The van der Waals surface area contributed by atoms with Crippen molar-refractivity contribution in [3.8, 4) is 11.1 Å². The predicted octanol–water partition coefficient (Wildman–Crippen LogP) is 5.66. The fourth-order valence-electron chi connectivity index (χ4n) is 4.13. The van der Waals surface area contributed by atoms with Gasteiger partial charge in [-0.15, -0.1) is 0 Å². The summed E-state index contributed by atoms with van der Waals surface area (Å²) in [6.07, 6.45) is -1.21. The largest absolute Gasteiger partial charge is 0.481 e. The molecule has 0 radical (unpaired) electrons. The first-order chi connectivity index (χ1) is 16.8. The fraction of sp³-hybridized carbons (Fsp3) is 0.192. The highest BCUT2D eigenvalue weighted by molar-refractivity contribution is 14.1. The molecule has 35 heavy (non-hydrogen) atoms. The van der Waals surface area contributed by atoms with Gasteiger partial charge < -0.3 is 20.5 Å². The molecule has 180 valence electrons. The molecular formula is C26H22ClIN2O5. The molecule has 0 saturated heterocycles. The van der Waals surface area contributed by atoms with E-state index in [1.54, 1.807) is 18.2 Å². The van der Waals surface area contributed by atoms with Gasteiger partial charge in [-0.25, -0.2) is 4.79 Å². The summed E-state index contributed by atoms with van der Waals surface area (Å²) in [7, 11) is 0. The number of fused-ring (bicyclic) bond motifs is 3. The number of carboxylic acid groups (broad SMARTS) is 1. The summed E-state index contributed by atoms with van der Waals surface area (Å²) in [6.45, 7) is 0.0792. The van der Waals surface area contributed by atoms with E-state index < -0.39 is 24.0 Å². The number of rotatable bonds is 8. The first-order valence-electron chi connectivity index (χ1n) is 10.9. The highest BCUT2D eigenvalue weighted by Crippen LogP contribution is 2.44. The van der Waals surface area contributed by atoms with Gasteiger partial charge in [-0.3, -0.25) is 9.59 Å². The van der Waals surface area contributed by atoms with Gasteiger partial charge in [-0.1, -0.05) is 60.1 Å². The van der Waals surface area contributed by atoms with Crippen molar-refractivity contribution in [1.29, 1.82) is 0 Å². The maximum absolute atomic E-state index is 12.9. The lowest BCUT2D eigenvalue weighted by molar-refractivity contribution is -0.137. The highest BCUT2D eigenvalue weighted by Gasteiger charge is 2.30. The summed E-state index contributed by atoms with van der Waals surface area (Å²) in [5.41, 5.74) is 4.71. The summed E-state index contributed by atoms with van der Waals surface area (Å²) in [6, 6.07) is 19.9. The lowest BCUT2D eigenvalue weighted by atomic mass is 9.98. The molecule has 9 heteroatoms. The molecule has 0 aromatic heterocycles. The van der Waals surface area contributed by atoms with Crippen LogP contribution in [0.4, 0.5) is 10.5 Å². The lowest BCUT2D eigenvalue weighted by Gasteiger charge is -2.20. The summed E-state index contributed by atoms with van der Waals surface area (Å²) < 4.78 is 6.37. The second kappa shape index (κ2) is 11.1. The number of halogens is 2. The van der Waals surface area contributed by atoms with Gasteiger partial charge in [0.05, 0.1) is 10.7 Å². The van der Waals surface area contributed by atoms with Gasteiger partial charge in [0.25, 0.3) is 0 Å². The van der Waals surface area contributed by atoms with Crippen LogP contribution in [0.5, 0.6) is 0 Å².